The van der Waals surface area contributed by atoms with Crippen LogP contribution in [0.15, 0.2) is 18.3 Å². The van der Waals surface area contributed by atoms with Crippen LogP contribution in [-0.2, 0) is 4.79 Å². The van der Waals surface area contributed by atoms with E-state index < -0.39 is 11.4 Å². The molecule has 5 nitrogen and oxygen atoms in total. The van der Waals surface area contributed by atoms with Crippen LogP contribution >= 0.6 is 0 Å². The zero-order valence-corrected chi connectivity index (χ0v) is 10.9. The lowest BCUT2D eigenvalue weighted by Gasteiger charge is -2.18. The lowest BCUT2D eigenvalue weighted by molar-refractivity contribution is -0.147. The normalized spacial score (nSPS) is 11.1. The predicted molar refractivity (Wildman–Crippen MR) is 67.3 cm³/mol. The van der Waals surface area contributed by atoms with Crippen LogP contribution in [0.3, 0.4) is 0 Å². The van der Waals surface area contributed by atoms with E-state index in [2.05, 4.69) is 10.3 Å². The van der Waals surface area contributed by atoms with Gasteiger partial charge in [-0.15, -0.1) is 0 Å². The van der Waals surface area contributed by atoms with Crippen LogP contribution in [0.25, 0.3) is 0 Å². The number of carboxylic acid groups (broad SMARTS) is 1. The number of amides is 1. The summed E-state index contributed by atoms with van der Waals surface area (Å²) in [5.74, 6) is -1.14. The molecular weight excluding hydrogens is 232 g/mol. The lowest BCUT2D eigenvalue weighted by Crippen LogP contribution is -2.32. The zero-order valence-electron chi connectivity index (χ0n) is 10.9. The molecule has 0 saturated heterocycles. The van der Waals surface area contributed by atoms with Gasteiger partial charge in [0.25, 0.3) is 5.91 Å². The summed E-state index contributed by atoms with van der Waals surface area (Å²) in [6, 6.07) is 3.57. The third kappa shape index (κ3) is 3.55. The Bertz CT molecular complexity index is 455. The summed E-state index contributed by atoms with van der Waals surface area (Å²) >= 11 is 0. The van der Waals surface area contributed by atoms with Crippen LogP contribution in [-0.4, -0.2) is 28.5 Å². The van der Waals surface area contributed by atoms with Gasteiger partial charge in [0, 0.05) is 12.7 Å². The summed E-state index contributed by atoms with van der Waals surface area (Å²) < 4.78 is 0. The molecule has 5 heteroatoms. The maximum atomic E-state index is 11.8. The van der Waals surface area contributed by atoms with Crippen LogP contribution < -0.4 is 5.32 Å². The van der Waals surface area contributed by atoms with E-state index in [0.29, 0.717) is 18.7 Å². The van der Waals surface area contributed by atoms with Gasteiger partial charge in [0.15, 0.2) is 0 Å². The van der Waals surface area contributed by atoms with Crippen molar-refractivity contribution in [3.05, 3.63) is 29.6 Å². The number of nitrogens with one attached hydrogen (secondary N) is 1. The molecule has 0 aromatic carbocycles. The third-order valence-electron chi connectivity index (χ3n) is 2.84. The van der Waals surface area contributed by atoms with Gasteiger partial charge in [0.2, 0.25) is 0 Å². The Labute approximate surface area is 106 Å². The van der Waals surface area contributed by atoms with E-state index in [0.717, 1.165) is 5.56 Å². The summed E-state index contributed by atoms with van der Waals surface area (Å²) in [6.07, 6.45) is 1.93. The number of aromatic nitrogens is 1. The number of nitrogens with zero attached hydrogens (tertiary/aromatic N) is 1. The number of aliphatic carboxylic acids is 1. The first-order chi connectivity index (χ1) is 8.34. The Balaban J connectivity index is 2.53. The van der Waals surface area contributed by atoms with Crippen LogP contribution in [0.2, 0.25) is 0 Å². The molecular formula is C13H18N2O3. The van der Waals surface area contributed by atoms with Crippen molar-refractivity contribution in [2.24, 2.45) is 5.41 Å². The van der Waals surface area contributed by atoms with Crippen molar-refractivity contribution in [3.8, 4) is 0 Å². The molecule has 0 saturated carbocycles. The van der Waals surface area contributed by atoms with Gasteiger partial charge in [-0.1, -0.05) is 6.07 Å². The second-order valence-electron chi connectivity index (χ2n) is 4.86. The number of rotatable bonds is 5. The lowest BCUT2D eigenvalue weighted by atomic mass is 9.90. The van der Waals surface area contributed by atoms with Crippen molar-refractivity contribution in [2.75, 3.05) is 6.54 Å². The molecule has 1 rings (SSSR count). The standard InChI is InChI=1S/C13H18N2O3/c1-9-5-4-7-14-10(9)11(16)15-8-6-13(2,3)12(17)18/h4-5,7H,6,8H2,1-3H3,(H,15,16)(H,17,18). The fourth-order valence-electron chi connectivity index (χ4n) is 1.40. The van der Waals surface area contributed by atoms with Crippen molar-refractivity contribution >= 4 is 11.9 Å². The number of hydrogen-bond donors (Lipinski definition) is 2. The smallest absolute Gasteiger partial charge is 0.309 e. The van der Waals surface area contributed by atoms with Crippen molar-refractivity contribution in [1.29, 1.82) is 0 Å². The summed E-state index contributed by atoms with van der Waals surface area (Å²) in [6.45, 7) is 5.39. The predicted octanol–water partition coefficient (Wildman–Crippen LogP) is 1.62. The maximum absolute atomic E-state index is 11.8. The number of pyridine rings is 1. The first-order valence-electron chi connectivity index (χ1n) is 5.78. The van der Waals surface area contributed by atoms with E-state index in [-0.39, 0.29) is 5.91 Å². The van der Waals surface area contributed by atoms with Gasteiger partial charge in [-0.25, -0.2) is 0 Å². The van der Waals surface area contributed by atoms with Gasteiger partial charge in [0.1, 0.15) is 5.69 Å². The Morgan fingerprint density at radius 3 is 2.67 bits per heavy atom. The van der Waals surface area contributed by atoms with E-state index in [1.807, 2.05) is 13.0 Å². The maximum Gasteiger partial charge on any atom is 0.309 e. The summed E-state index contributed by atoms with van der Waals surface area (Å²) in [5.41, 5.74) is 0.338. The van der Waals surface area contributed by atoms with Crippen LogP contribution in [0.4, 0.5) is 0 Å². The minimum absolute atomic E-state index is 0.269. The highest BCUT2D eigenvalue weighted by atomic mass is 16.4. The van der Waals surface area contributed by atoms with Gasteiger partial charge in [-0.3, -0.25) is 14.6 Å². The van der Waals surface area contributed by atoms with Crippen molar-refractivity contribution < 1.29 is 14.7 Å². The topological polar surface area (TPSA) is 79.3 Å². The molecule has 2 N–H and O–H groups in total. The molecule has 0 radical (unpaired) electrons. The largest absolute Gasteiger partial charge is 0.481 e. The van der Waals surface area contributed by atoms with Crippen molar-refractivity contribution in [3.63, 3.8) is 0 Å². The molecule has 1 amide bonds. The molecule has 0 atom stereocenters. The number of hydrogen-bond acceptors (Lipinski definition) is 3. The Hall–Kier alpha value is -1.91. The SMILES string of the molecule is Cc1cccnc1C(=O)NCCC(C)(C)C(=O)O. The molecule has 0 unspecified atom stereocenters. The fourth-order valence-corrected chi connectivity index (χ4v) is 1.40. The van der Waals surface area contributed by atoms with Crippen molar-refractivity contribution in [2.45, 2.75) is 27.2 Å². The van der Waals surface area contributed by atoms with Crippen LogP contribution in [0, 0.1) is 12.3 Å². The van der Waals surface area contributed by atoms with Gasteiger partial charge >= 0.3 is 5.97 Å². The fraction of sp³-hybridized carbons (Fsp3) is 0.462. The highest BCUT2D eigenvalue weighted by molar-refractivity contribution is 5.93. The molecule has 0 bridgehead atoms. The molecule has 0 aliphatic carbocycles. The van der Waals surface area contributed by atoms with E-state index >= 15 is 0 Å². The van der Waals surface area contributed by atoms with E-state index in [9.17, 15) is 9.59 Å². The number of carbonyl (C=O) groups is 2. The molecule has 0 fully saturated rings. The average molecular weight is 250 g/mol. The summed E-state index contributed by atoms with van der Waals surface area (Å²) in [7, 11) is 0. The van der Waals surface area contributed by atoms with Crippen molar-refractivity contribution in [1.82, 2.24) is 10.3 Å². The van der Waals surface area contributed by atoms with E-state index in [1.54, 1.807) is 26.1 Å². The average Bonchev–Trinajstić information content (AvgIpc) is 2.29. The quantitative estimate of drug-likeness (QED) is 0.832. The third-order valence-corrected chi connectivity index (χ3v) is 2.84. The van der Waals surface area contributed by atoms with Crippen LogP contribution in [0.1, 0.15) is 36.3 Å². The van der Waals surface area contributed by atoms with Gasteiger partial charge in [-0.05, 0) is 38.8 Å². The van der Waals surface area contributed by atoms with Crippen LogP contribution in [0.5, 0.6) is 0 Å². The number of carbonyl (C=O) groups excluding carboxylic acids is 1. The molecule has 0 aliphatic rings. The molecule has 1 aromatic heterocycles. The molecule has 1 aromatic rings. The second-order valence-corrected chi connectivity index (χ2v) is 4.86. The van der Waals surface area contributed by atoms with Gasteiger partial charge < -0.3 is 10.4 Å². The molecule has 1 heterocycles. The number of carboxylic acids is 1. The monoisotopic (exact) mass is 250 g/mol. The minimum Gasteiger partial charge on any atom is -0.481 e. The zero-order chi connectivity index (χ0) is 13.8. The molecule has 0 spiro atoms. The van der Waals surface area contributed by atoms with E-state index in [4.69, 9.17) is 5.11 Å². The Kier molecular flexibility index (Phi) is 4.42. The Morgan fingerprint density at radius 2 is 2.11 bits per heavy atom. The first-order valence-corrected chi connectivity index (χ1v) is 5.78. The second kappa shape index (κ2) is 5.62. The van der Waals surface area contributed by atoms with Gasteiger partial charge in [0.05, 0.1) is 5.41 Å². The highest BCUT2D eigenvalue weighted by Gasteiger charge is 2.26. The molecule has 0 aliphatic heterocycles. The molecule has 98 valence electrons. The Morgan fingerprint density at radius 1 is 1.44 bits per heavy atom. The van der Waals surface area contributed by atoms with Gasteiger partial charge in [-0.2, -0.15) is 0 Å². The number of aryl methyl sites for hydroxylation is 1. The van der Waals surface area contributed by atoms with E-state index in [1.165, 1.54) is 0 Å². The summed E-state index contributed by atoms with van der Waals surface area (Å²) in [5, 5.41) is 11.6. The minimum atomic E-state index is -0.870. The molecule has 18 heavy (non-hydrogen) atoms. The summed E-state index contributed by atoms with van der Waals surface area (Å²) in [4.78, 5) is 26.7. The first kappa shape index (κ1) is 14.2. The highest BCUT2D eigenvalue weighted by Crippen LogP contribution is 2.19.